The molecule has 0 saturated heterocycles. The summed E-state index contributed by atoms with van der Waals surface area (Å²) < 4.78 is 27.5. The SMILES string of the molecule is Cc1ccc(S(=O)(=O)Nc2ccc(C(=O)NCCNc3ccccc3[N+](=O)[O-])cc2)cc1[N+](=O)[O-]. The Morgan fingerprint density at radius 2 is 1.54 bits per heavy atom. The molecule has 12 nitrogen and oxygen atoms in total. The molecule has 3 N–H and O–H groups in total. The van der Waals surface area contributed by atoms with Crippen LogP contribution in [0.25, 0.3) is 0 Å². The van der Waals surface area contributed by atoms with Gasteiger partial charge in [-0.05, 0) is 43.3 Å². The fourth-order valence-corrected chi connectivity index (χ4v) is 4.19. The Balaban J connectivity index is 1.58. The highest BCUT2D eigenvalue weighted by Crippen LogP contribution is 2.24. The molecule has 0 bridgehead atoms. The minimum Gasteiger partial charge on any atom is -0.378 e. The highest BCUT2D eigenvalue weighted by molar-refractivity contribution is 7.92. The van der Waals surface area contributed by atoms with Crippen molar-refractivity contribution in [3.05, 3.63) is 98.1 Å². The number of carbonyl (C=O) groups excluding carboxylic acids is 1. The lowest BCUT2D eigenvalue weighted by atomic mass is 10.2. The first-order valence-corrected chi connectivity index (χ1v) is 11.7. The predicted octanol–water partition coefficient (Wildman–Crippen LogP) is 3.45. The highest BCUT2D eigenvalue weighted by atomic mass is 32.2. The first-order valence-electron chi connectivity index (χ1n) is 10.2. The predicted molar refractivity (Wildman–Crippen MR) is 129 cm³/mol. The fraction of sp³-hybridized carbons (Fsp3) is 0.136. The van der Waals surface area contributed by atoms with E-state index in [1.54, 1.807) is 18.2 Å². The van der Waals surface area contributed by atoms with Crippen molar-refractivity contribution in [2.75, 3.05) is 23.1 Å². The number of hydrogen-bond acceptors (Lipinski definition) is 8. The lowest BCUT2D eigenvalue weighted by Crippen LogP contribution is -2.28. The first kappa shape index (κ1) is 25.1. The number of sulfonamides is 1. The molecule has 0 aromatic heterocycles. The molecule has 13 heteroatoms. The number of hydrogen-bond donors (Lipinski definition) is 3. The molecule has 3 aromatic carbocycles. The number of carbonyl (C=O) groups is 1. The molecule has 0 fully saturated rings. The fourth-order valence-electron chi connectivity index (χ4n) is 3.11. The van der Waals surface area contributed by atoms with Gasteiger partial charge in [-0.15, -0.1) is 0 Å². The van der Waals surface area contributed by atoms with Crippen molar-refractivity contribution in [1.29, 1.82) is 0 Å². The van der Waals surface area contributed by atoms with Crippen LogP contribution in [0.4, 0.5) is 22.7 Å². The molecule has 0 spiro atoms. The summed E-state index contributed by atoms with van der Waals surface area (Å²) in [5.41, 5.74) is 0.726. The maximum atomic E-state index is 12.6. The number of aryl methyl sites for hydroxylation is 1. The van der Waals surface area contributed by atoms with E-state index in [0.29, 0.717) is 11.3 Å². The molecule has 0 radical (unpaired) electrons. The Morgan fingerprint density at radius 1 is 0.886 bits per heavy atom. The Morgan fingerprint density at radius 3 is 2.20 bits per heavy atom. The van der Waals surface area contributed by atoms with Crippen LogP contribution >= 0.6 is 0 Å². The van der Waals surface area contributed by atoms with E-state index in [-0.39, 0.29) is 40.6 Å². The second-order valence-electron chi connectivity index (χ2n) is 7.35. The minimum absolute atomic E-state index is 0.0721. The molecular weight excluding hydrogens is 478 g/mol. The van der Waals surface area contributed by atoms with E-state index in [9.17, 15) is 33.4 Å². The molecule has 0 aliphatic rings. The van der Waals surface area contributed by atoms with Crippen LogP contribution in [0.15, 0.2) is 71.6 Å². The maximum Gasteiger partial charge on any atom is 0.292 e. The number of benzene rings is 3. The van der Waals surface area contributed by atoms with Crippen LogP contribution in [0.3, 0.4) is 0 Å². The summed E-state index contributed by atoms with van der Waals surface area (Å²) in [5, 5.41) is 27.7. The number of nitrogens with one attached hydrogen (secondary N) is 3. The van der Waals surface area contributed by atoms with E-state index in [1.165, 1.54) is 49.4 Å². The van der Waals surface area contributed by atoms with E-state index in [1.807, 2.05) is 0 Å². The van der Waals surface area contributed by atoms with Crippen LogP contribution in [0.2, 0.25) is 0 Å². The summed E-state index contributed by atoms with van der Waals surface area (Å²) in [4.78, 5) is 33.0. The number of nitro benzene ring substituents is 2. The van der Waals surface area contributed by atoms with Crippen LogP contribution in [0.5, 0.6) is 0 Å². The number of rotatable bonds is 10. The molecule has 0 heterocycles. The number of amides is 1. The van der Waals surface area contributed by atoms with Crippen molar-refractivity contribution in [2.24, 2.45) is 0 Å². The molecule has 0 aliphatic heterocycles. The molecule has 0 atom stereocenters. The molecule has 0 unspecified atom stereocenters. The minimum atomic E-state index is -4.08. The third-order valence-corrected chi connectivity index (χ3v) is 6.29. The van der Waals surface area contributed by atoms with E-state index in [4.69, 9.17) is 0 Å². The zero-order valence-electron chi connectivity index (χ0n) is 18.4. The van der Waals surface area contributed by atoms with Crippen molar-refractivity contribution in [3.63, 3.8) is 0 Å². The Bertz CT molecular complexity index is 1380. The maximum absolute atomic E-state index is 12.6. The van der Waals surface area contributed by atoms with Gasteiger partial charge in [0.1, 0.15) is 5.69 Å². The average molecular weight is 500 g/mol. The van der Waals surface area contributed by atoms with Gasteiger partial charge >= 0.3 is 0 Å². The van der Waals surface area contributed by atoms with Crippen LogP contribution in [0, 0.1) is 27.2 Å². The van der Waals surface area contributed by atoms with Gasteiger partial charge in [0, 0.05) is 42.0 Å². The van der Waals surface area contributed by atoms with Crippen LogP contribution in [-0.2, 0) is 10.0 Å². The monoisotopic (exact) mass is 499 g/mol. The normalized spacial score (nSPS) is 10.9. The molecular formula is C22H21N5O7S. The topological polar surface area (TPSA) is 174 Å². The largest absolute Gasteiger partial charge is 0.378 e. The highest BCUT2D eigenvalue weighted by Gasteiger charge is 2.20. The van der Waals surface area contributed by atoms with Crippen LogP contribution < -0.4 is 15.4 Å². The van der Waals surface area contributed by atoms with Crippen molar-refractivity contribution in [2.45, 2.75) is 11.8 Å². The van der Waals surface area contributed by atoms with Gasteiger partial charge in [-0.1, -0.05) is 18.2 Å². The van der Waals surface area contributed by atoms with Gasteiger partial charge in [0.15, 0.2) is 0 Å². The summed E-state index contributed by atoms with van der Waals surface area (Å²) in [6.07, 6.45) is 0. The number of anilines is 2. The third-order valence-electron chi connectivity index (χ3n) is 4.91. The Labute approximate surface area is 200 Å². The molecule has 35 heavy (non-hydrogen) atoms. The first-order chi connectivity index (χ1) is 16.6. The van der Waals surface area contributed by atoms with Gasteiger partial charge in [0.25, 0.3) is 27.3 Å². The number of nitrogens with zero attached hydrogens (tertiary/aromatic N) is 2. The molecule has 1 amide bonds. The van der Waals surface area contributed by atoms with Crippen molar-refractivity contribution < 1.29 is 23.1 Å². The van der Waals surface area contributed by atoms with Crippen LogP contribution in [0.1, 0.15) is 15.9 Å². The van der Waals surface area contributed by atoms with E-state index in [2.05, 4.69) is 15.4 Å². The van der Waals surface area contributed by atoms with Gasteiger partial charge in [-0.25, -0.2) is 8.42 Å². The molecule has 3 rings (SSSR count). The zero-order valence-corrected chi connectivity index (χ0v) is 19.2. The molecule has 182 valence electrons. The second-order valence-corrected chi connectivity index (χ2v) is 9.03. The summed E-state index contributed by atoms with van der Waals surface area (Å²) in [7, 11) is -4.08. The number of nitro groups is 2. The van der Waals surface area contributed by atoms with Gasteiger partial charge in [0.05, 0.1) is 14.7 Å². The van der Waals surface area contributed by atoms with Gasteiger partial charge in [-0.2, -0.15) is 0 Å². The van der Waals surface area contributed by atoms with Gasteiger partial charge in [-0.3, -0.25) is 29.7 Å². The van der Waals surface area contributed by atoms with E-state index < -0.39 is 25.8 Å². The Hall–Kier alpha value is -4.52. The summed E-state index contributed by atoms with van der Waals surface area (Å²) in [5.74, 6) is -0.419. The van der Waals surface area contributed by atoms with E-state index >= 15 is 0 Å². The molecule has 3 aromatic rings. The van der Waals surface area contributed by atoms with Gasteiger partial charge < -0.3 is 10.6 Å². The van der Waals surface area contributed by atoms with Crippen molar-refractivity contribution >= 4 is 38.7 Å². The molecule has 0 saturated carbocycles. The quantitative estimate of drug-likeness (QED) is 0.216. The summed E-state index contributed by atoms with van der Waals surface area (Å²) >= 11 is 0. The van der Waals surface area contributed by atoms with Gasteiger partial charge in [0.2, 0.25) is 0 Å². The standard InChI is InChI=1S/C22H21N5O7S/c1-15-6-11-18(14-21(15)27(31)32)35(33,34)25-17-9-7-16(8-10-17)22(28)24-13-12-23-19-4-2-3-5-20(19)26(29)30/h2-11,14,23,25H,12-13H2,1H3,(H,24,28). The average Bonchev–Trinajstić information content (AvgIpc) is 2.82. The van der Waals surface area contributed by atoms with Crippen molar-refractivity contribution in [3.8, 4) is 0 Å². The summed E-state index contributed by atoms with van der Waals surface area (Å²) in [6.45, 7) is 1.94. The smallest absolute Gasteiger partial charge is 0.292 e. The number of para-hydroxylation sites is 2. The lowest BCUT2D eigenvalue weighted by molar-refractivity contribution is -0.385. The second kappa shape index (κ2) is 10.6. The lowest BCUT2D eigenvalue weighted by Gasteiger charge is -2.10. The van der Waals surface area contributed by atoms with Crippen molar-refractivity contribution in [1.82, 2.24) is 5.32 Å². The zero-order chi connectivity index (χ0) is 25.6. The van der Waals surface area contributed by atoms with Crippen LogP contribution in [-0.4, -0.2) is 37.3 Å². The summed E-state index contributed by atoms with van der Waals surface area (Å²) in [6, 6.07) is 15.4. The Kier molecular flexibility index (Phi) is 7.61. The third kappa shape index (κ3) is 6.29. The molecule has 0 aliphatic carbocycles. The van der Waals surface area contributed by atoms with E-state index in [0.717, 1.165) is 6.07 Å².